The van der Waals surface area contributed by atoms with Gasteiger partial charge >= 0.3 is 0 Å². The highest BCUT2D eigenvalue weighted by Gasteiger charge is 2.12. The summed E-state index contributed by atoms with van der Waals surface area (Å²) in [5.41, 5.74) is 2.89. The van der Waals surface area contributed by atoms with E-state index in [4.69, 9.17) is 4.74 Å². The van der Waals surface area contributed by atoms with Crippen molar-refractivity contribution in [3.63, 3.8) is 0 Å². The van der Waals surface area contributed by atoms with Gasteiger partial charge in [0.15, 0.2) is 0 Å². The number of morpholine rings is 1. The molecule has 126 valence electrons. The number of amides is 2. The first kappa shape index (κ1) is 17.4. The Hall–Kier alpha value is -1.92. The molecule has 0 bridgehead atoms. The smallest absolute Gasteiger partial charge is 0.233 e. The van der Waals surface area contributed by atoms with Crippen LogP contribution in [0.3, 0.4) is 0 Å². The van der Waals surface area contributed by atoms with Gasteiger partial charge in [-0.15, -0.1) is 0 Å². The first-order valence-corrected chi connectivity index (χ1v) is 7.98. The molecule has 1 saturated heterocycles. The number of aryl methyl sites for hydroxylation is 2. The Morgan fingerprint density at radius 1 is 1.09 bits per heavy atom. The maximum atomic E-state index is 11.9. The van der Waals surface area contributed by atoms with E-state index in [9.17, 15) is 9.59 Å². The molecule has 1 aromatic carbocycles. The van der Waals surface area contributed by atoms with Crippen LogP contribution in [0, 0.1) is 13.8 Å². The third-order valence-electron chi connectivity index (χ3n) is 3.68. The van der Waals surface area contributed by atoms with Gasteiger partial charge < -0.3 is 15.4 Å². The molecule has 0 unspecified atom stereocenters. The number of nitrogens with one attached hydrogen (secondary N) is 2. The highest BCUT2D eigenvalue weighted by Crippen LogP contribution is 2.13. The maximum Gasteiger partial charge on any atom is 0.233 e. The molecule has 1 aromatic rings. The van der Waals surface area contributed by atoms with E-state index >= 15 is 0 Å². The second-order valence-electron chi connectivity index (χ2n) is 5.91. The topological polar surface area (TPSA) is 70.7 Å². The summed E-state index contributed by atoms with van der Waals surface area (Å²) in [4.78, 5) is 26.0. The highest BCUT2D eigenvalue weighted by molar-refractivity contribution is 6.03. The fraction of sp³-hybridized carbons (Fsp3) is 0.529. The van der Waals surface area contributed by atoms with Gasteiger partial charge in [0.1, 0.15) is 6.42 Å². The number of hydrogen-bond donors (Lipinski definition) is 2. The lowest BCUT2D eigenvalue weighted by Gasteiger charge is -2.26. The van der Waals surface area contributed by atoms with Gasteiger partial charge in [0.05, 0.1) is 13.2 Å². The Morgan fingerprint density at radius 2 is 1.74 bits per heavy atom. The van der Waals surface area contributed by atoms with E-state index in [1.807, 2.05) is 32.0 Å². The van der Waals surface area contributed by atoms with Crippen LogP contribution < -0.4 is 10.6 Å². The summed E-state index contributed by atoms with van der Waals surface area (Å²) in [7, 11) is 0. The van der Waals surface area contributed by atoms with Gasteiger partial charge in [-0.3, -0.25) is 14.5 Å². The van der Waals surface area contributed by atoms with E-state index in [1.54, 1.807) is 0 Å². The summed E-state index contributed by atoms with van der Waals surface area (Å²) in [6.07, 6.45) is -0.157. The van der Waals surface area contributed by atoms with E-state index in [0.29, 0.717) is 6.54 Å². The summed E-state index contributed by atoms with van der Waals surface area (Å²) in [5, 5.41) is 5.55. The van der Waals surface area contributed by atoms with Crippen molar-refractivity contribution in [1.82, 2.24) is 10.2 Å². The minimum Gasteiger partial charge on any atom is -0.379 e. The van der Waals surface area contributed by atoms with E-state index < -0.39 is 0 Å². The van der Waals surface area contributed by atoms with Crippen molar-refractivity contribution in [3.8, 4) is 0 Å². The zero-order valence-electron chi connectivity index (χ0n) is 13.9. The number of carbonyl (C=O) groups is 2. The minimum atomic E-state index is -0.293. The summed E-state index contributed by atoms with van der Waals surface area (Å²) in [6, 6.07) is 5.82. The van der Waals surface area contributed by atoms with Gasteiger partial charge in [0.2, 0.25) is 11.8 Å². The molecular formula is C17H25N3O3. The van der Waals surface area contributed by atoms with Crippen LogP contribution in [0.25, 0.3) is 0 Å². The van der Waals surface area contributed by atoms with Gasteiger partial charge in [0, 0.05) is 31.9 Å². The van der Waals surface area contributed by atoms with E-state index in [-0.39, 0.29) is 18.2 Å². The van der Waals surface area contributed by atoms with Gasteiger partial charge in [-0.1, -0.05) is 6.07 Å². The van der Waals surface area contributed by atoms with Crippen LogP contribution in [0.5, 0.6) is 0 Å². The number of rotatable bonds is 6. The lowest BCUT2D eigenvalue weighted by molar-refractivity contribution is -0.126. The predicted octanol–water partition coefficient (Wildman–Crippen LogP) is 1.08. The van der Waals surface area contributed by atoms with Crippen molar-refractivity contribution in [2.24, 2.45) is 0 Å². The normalized spacial score (nSPS) is 15.2. The Morgan fingerprint density at radius 3 is 2.39 bits per heavy atom. The average Bonchev–Trinajstić information content (AvgIpc) is 2.47. The second kappa shape index (κ2) is 8.64. The molecule has 2 rings (SSSR count). The summed E-state index contributed by atoms with van der Waals surface area (Å²) < 4.78 is 5.27. The molecule has 0 atom stereocenters. The SMILES string of the molecule is Cc1cc(C)cc(NC(=O)CC(=O)NCCN2CCOCC2)c1. The maximum absolute atomic E-state index is 11.9. The van der Waals surface area contributed by atoms with Crippen LogP contribution >= 0.6 is 0 Å². The first-order valence-electron chi connectivity index (χ1n) is 7.98. The average molecular weight is 319 g/mol. The Bertz CT molecular complexity index is 534. The molecule has 0 saturated carbocycles. The minimum absolute atomic E-state index is 0.157. The Balaban J connectivity index is 1.68. The molecule has 6 nitrogen and oxygen atoms in total. The zero-order valence-corrected chi connectivity index (χ0v) is 13.9. The summed E-state index contributed by atoms with van der Waals surface area (Å²) in [6.45, 7) is 8.55. The second-order valence-corrected chi connectivity index (χ2v) is 5.91. The first-order chi connectivity index (χ1) is 11.0. The van der Waals surface area contributed by atoms with Crippen molar-refractivity contribution >= 4 is 17.5 Å². The molecular weight excluding hydrogens is 294 g/mol. The van der Waals surface area contributed by atoms with Gasteiger partial charge in [0.25, 0.3) is 0 Å². The van der Waals surface area contributed by atoms with E-state index in [1.165, 1.54) is 0 Å². The van der Waals surface area contributed by atoms with Gasteiger partial charge in [-0.2, -0.15) is 0 Å². The molecule has 0 aliphatic carbocycles. The number of benzene rings is 1. The Kier molecular flexibility index (Phi) is 6.55. The number of ether oxygens (including phenoxy) is 1. The van der Waals surface area contributed by atoms with Crippen LogP contribution in [0.4, 0.5) is 5.69 Å². The Labute approximate surface area is 137 Å². The fourth-order valence-corrected chi connectivity index (χ4v) is 2.64. The summed E-state index contributed by atoms with van der Waals surface area (Å²) >= 11 is 0. The molecule has 2 amide bonds. The molecule has 1 aliphatic heterocycles. The number of carbonyl (C=O) groups excluding carboxylic acids is 2. The van der Waals surface area contributed by atoms with Crippen LogP contribution in [0.2, 0.25) is 0 Å². The third-order valence-corrected chi connectivity index (χ3v) is 3.68. The molecule has 0 radical (unpaired) electrons. The number of nitrogens with zero attached hydrogens (tertiary/aromatic N) is 1. The van der Waals surface area contributed by atoms with Gasteiger partial charge in [-0.25, -0.2) is 0 Å². The van der Waals surface area contributed by atoms with Crippen molar-refractivity contribution in [1.29, 1.82) is 0 Å². The fourth-order valence-electron chi connectivity index (χ4n) is 2.64. The predicted molar refractivity (Wildman–Crippen MR) is 89.4 cm³/mol. The number of hydrogen-bond acceptors (Lipinski definition) is 4. The van der Waals surface area contributed by atoms with Crippen molar-refractivity contribution in [2.75, 3.05) is 44.7 Å². The molecule has 0 aromatic heterocycles. The van der Waals surface area contributed by atoms with Crippen LogP contribution in [-0.2, 0) is 14.3 Å². The monoisotopic (exact) mass is 319 g/mol. The van der Waals surface area contributed by atoms with Gasteiger partial charge in [-0.05, 0) is 37.1 Å². The van der Waals surface area contributed by atoms with E-state index in [0.717, 1.165) is 49.7 Å². The molecule has 2 N–H and O–H groups in total. The molecule has 1 aliphatic rings. The standard InChI is InChI=1S/C17H25N3O3/c1-13-9-14(2)11-15(10-13)19-17(22)12-16(21)18-3-4-20-5-7-23-8-6-20/h9-11H,3-8,12H2,1-2H3,(H,18,21)(H,19,22). The third kappa shape index (κ3) is 6.38. The molecule has 23 heavy (non-hydrogen) atoms. The van der Waals surface area contributed by atoms with E-state index in [2.05, 4.69) is 15.5 Å². The van der Waals surface area contributed by atoms with Crippen molar-refractivity contribution in [3.05, 3.63) is 29.3 Å². The van der Waals surface area contributed by atoms with Crippen molar-refractivity contribution < 1.29 is 14.3 Å². The van der Waals surface area contributed by atoms with Crippen LogP contribution in [0.15, 0.2) is 18.2 Å². The molecule has 1 fully saturated rings. The van der Waals surface area contributed by atoms with Crippen molar-refractivity contribution in [2.45, 2.75) is 20.3 Å². The molecule has 0 spiro atoms. The quantitative estimate of drug-likeness (QED) is 0.770. The molecule has 1 heterocycles. The lowest BCUT2D eigenvalue weighted by Crippen LogP contribution is -2.41. The number of anilines is 1. The largest absolute Gasteiger partial charge is 0.379 e. The molecule has 6 heteroatoms. The highest BCUT2D eigenvalue weighted by atomic mass is 16.5. The lowest BCUT2D eigenvalue weighted by atomic mass is 10.1. The van der Waals surface area contributed by atoms with Crippen LogP contribution in [-0.4, -0.2) is 56.1 Å². The van der Waals surface area contributed by atoms with Crippen LogP contribution in [0.1, 0.15) is 17.5 Å². The summed E-state index contributed by atoms with van der Waals surface area (Å²) in [5.74, 6) is -0.543. The zero-order chi connectivity index (χ0) is 16.7.